The number of esters is 1. The van der Waals surface area contributed by atoms with E-state index >= 15 is 0 Å². The molecule has 0 amide bonds. The van der Waals surface area contributed by atoms with Gasteiger partial charge in [0.15, 0.2) is 0 Å². The van der Waals surface area contributed by atoms with E-state index in [9.17, 15) is 9.59 Å². The Bertz CT molecular complexity index is 2190. The fourth-order valence-electron chi connectivity index (χ4n) is 11.9. The zero-order valence-electron chi connectivity index (χ0n) is 87.2. The molecule has 0 atom stereocenters. The van der Waals surface area contributed by atoms with E-state index in [1.165, 1.54) is 103 Å². The van der Waals surface area contributed by atoms with Gasteiger partial charge < -0.3 is 175 Å². The Morgan fingerprint density at radius 1 is 0.129 bits per heavy atom. The summed E-state index contributed by atoms with van der Waals surface area (Å²) in [4.78, 5) is 23.9. The maximum Gasteiger partial charge on any atom is 0.308 e. The molecule has 0 aliphatic heterocycles. The van der Waals surface area contributed by atoms with Crippen molar-refractivity contribution in [3.8, 4) is 0 Å². The first-order valence-corrected chi connectivity index (χ1v) is 52.4. The van der Waals surface area contributed by atoms with Crippen molar-refractivity contribution in [1.29, 1.82) is 0 Å². The van der Waals surface area contributed by atoms with Crippen molar-refractivity contribution in [2.24, 2.45) is 0 Å². The summed E-state index contributed by atoms with van der Waals surface area (Å²) in [6.45, 7) is 42.0. The summed E-state index contributed by atoms with van der Waals surface area (Å²) in [5, 5.41) is 0. The topological polar surface area (TPSA) is 376 Å². The van der Waals surface area contributed by atoms with Crippen LogP contribution in [0.2, 0.25) is 0 Å². The largest absolute Gasteiger partial charge is 0.460 e. The van der Waals surface area contributed by atoms with Crippen molar-refractivity contribution in [3.05, 3.63) is 0 Å². The fourth-order valence-corrected chi connectivity index (χ4v) is 11.9. The monoisotopic (exact) mass is 2020 g/mol. The molecule has 39 nitrogen and oxygen atoms in total. The van der Waals surface area contributed by atoms with Crippen LogP contribution in [0.15, 0.2) is 0 Å². The average Bonchev–Trinajstić information content (AvgIpc) is 0.948. The van der Waals surface area contributed by atoms with E-state index in [1.54, 1.807) is 0 Å². The summed E-state index contributed by atoms with van der Waals surface area (Å²) in [5.74, 6) is 0.0891. The van der Waals surface area contributed by atoms with Gasteiger partial charge in [0.1, 0.15) is 11.4 Å². The van der Waals surface area contributed by atoms with Crippen LogP contribution in [0.3, 0.4) is 0 Å². The second kappa shape index (κ2) is 126. The molecule has 0 bridgehead atoms. The van der Waals surface area contributed by atoms with Gasteiger partial charge in [0.05, 0.1) is 476 Å². The number of ketones is 1. The molecule has 0 aromatic heterocycles. The van der Waals surface area contributed by atoms with Crippen LogP contribution in [0.1, 0.15) is 163 Å². The number of carbonyl (C=O) groups excluding carboxylic acids is 2. The number of unbranched alkanes of at least 4 members (excludes halogenated alkanes) is 16. The molecule has 0 aromatic rings. The maximum absolute atomic E-state index is 12.2. The van der Waals surface area contributed by atoms with Gasteiger partial charge in [-0.15, -0.1) is 0 Å². The summed E-state index contributed by atoms with van der Waals surface area (Å²) >= 11 is 0. The molecule has 0 fully saturated rings. The first-order valence-electron chi connectivity index (χ1n) is 52.4. The zero-order chi connectivity index (χ0) is 99.6. The third-order valence-electron chi connectivity index (χ3n) is 19.2. The quantitative estimate of drug-likeness (QED) is 0.0403. The van der Waals surface area contributed by atoms with E-state index in [2.05, 4.69) is 6.92 Å². The molecule has 39 heteroatoms. The molecule has 0 rings (SSSR count). The van der Waals surface area contributed by atoms with Gasteiger partial charge in [-0.3, -0.25) is 9.59 Å². The van der Waals surface area contributed by atoms with E-state index in [0.717, 1.165) is 12.8 Å². The second-order valence-corrected chi connectivity index (χ2v) is 32.4. The minimum absolute atomic E-state index is 0.221. The molecular formula is C100H198O39. The molecule has 0 spiro atoms. The van der Waals surface area contributed by atoms with Crippen LogP contribution in [0.25, 0.3) is 0 Å². The lowest BCUT2D eigenvalue weighted by Crippen LogP contribution is -2.24. The lowest BCUT2D eigenvalue weighted by atomic mass is 10.0. The molecule has 0 radical (unpaired) electrons. The van der Waals surface area contributed by atoms with Gasteiger partial charge in [0, 0.05) is 19.4 Å². The standard InChI is InChI=1S/C100H198O39/c1-5-6-7-8-9-10-11-12-13-14-15-16-17-18-19-20-21-23-98(101)24-22-26-103-28-30-105-32-34-107-36-38-109-40-42-111-44-46-113-48-50-115-52-54-117-56-58-119-60-62-121-64-66-123-68-70-125-72-74-127-76-78-129-80-82-131-84-86-133-88-90-135-92-94-137-96-97-138-95-93-136-91-89-134-87-85-132-83-81-130-79-77-128-75-73-126-71-69-124-67-65-122-63-61-120-59-57-118-55-53-116-51-49-114-47-45-112-43-41-110-39-37-108-35-33-106-31-29-104-27-25-99(102)139-100(2,3)4/h5-97H2,1-4H3. The Hall–Kier alpha value is -2.30. The number of rotatable bonds is 130. The Labute approximate surface area is 836 Å². The lowest BCUT2D eigenvalue weighted by Gasteiger charge is -2.19. The molecule has 139 heavy (non-hydrogen) atoms. The maximum atomic E-state index is 12.2. The van der Waals surface area contributed by atoms with Gasteiger partial charge in [-0.1, -0.05) is 110 Å². The fraction of sp³-hybridized carbons (Fsp3) is 0.980. The summed E-state index contributed by atoms with van der Waals surface area (Å²) in [6, 6.07) is 0. The Balaban J connectivity index is 3.13. The van der Waals surface area contributed by atoms with Crippen LogP contribution in [0.5, 0.6) is 0 Å². The molecule has 0 aliphatic carbocycles. The molecule has 0 heterocycles. The van der Waals surface area contributed by atoms with Crippen molar-refractivity contribution >= 4 is 11.8 Å². The smallest absolute Gasteiger partial charge is 0.308 e. The molecule has 0 N–H and O–H groups in total. The minimum Gasteiger partial charge on any atom is -0.460 e. The van der Waals surface area contributed by atoms with Crippen LogP contribution in [0, 0.1) is 0 Å². The summed E-state index contributed by atoms with van der Waals surface area (Å²) < 4.78 is 205. The Morgan fingerprint density at radius 2 is 0.237 bits per heavy atom. The highest BCUT2D eigenvalue weighted by Crippen LogP contribution is 2.16. The third-order valence-corrected chi connectivity index (χ3v) is 19.2. The van der Waals surface area contributed by atoms with E-state index in [1.807, 2.05) is 20.8 Å². The average molecular weight is 2020 g/mol. The molecule has 0 saturated heterocycles. The molecule has 0 aromatic carbocycles. The number of Topliss-reactive ketones (excluding diaryl/α,β-unsaturated/α-hetero) is 1. The van der Waals surface area contributed by atoms with Crippen molar-refractivity contribution < 1.29 is 185 Å². The third kappa shape index (κ3) is 132. The summed E-state index contributed by atoms with van der Waals surface area (Å²) in [5.41, 5.74) is -0.488. The Morgan fingerprint density at radius 3 is 0.367 bits per heavy atom. The van der Waals surface area contributed by atoms with Gasteiger partial charge in [-0.25, -0.2) is 0 Å². The highest BCUT2D eigenvalue weighted by Gasteiger charge is 2.16. The number of carbonyl (C=O) groups is 2. The van der Waals surface area contributed by atoms with Crippen molar-refractivity contribution in [2.75, 3.05) is 476 Å². The predicted molar refractivity (Wildman–Crippen MR) is 523 cm³/mol. The van der Waals surface area contributed by atoms with Crippen LogP contribution >= 0.6 is 0 Å². The van der Waals surface area contributed by atoms with Gasteiger partial charge in [-0.2, -0.15) is 0 Å². The normalized spacial score (nSPS) is 11.9. The molecule has 0 saturated carbocycles. The molecule has 0 unspecified atom stereocenters. The molecular weight excluding hydrogens is 1830 g/mol. The highest BCUT2D eigenvalue weighted by atomic mass is 16.6. The van der Waals surface area contributed by atoms with Crippen LogP contribution in [0.4, 0.5) is 0 Å². The van der Waals surface area contributed by atoms with Gasteiger partial charge in [-0.05, 0) is 33.6 Å². The minimum atomic E-state index is -0.488. The predicted octanol–water partition coefficient (Wildman–Crippen LogP) is 9.71. The first-order chi connectivity index (χ1) is 68.8. The van der Waals surface area contributed by atoms with E-state index in [-0.39, 0.29) is 12.4 Å². The van der Waals surface area contributed by atoms with E-state index < -0.39 is 5.60 Å². The SMILES string of the molecule is CCCCCCCCCCCCCCCCCCCC(=O)CCCOCCOCCOCCOCCOCCOCCOCCOCCOCCOCCOCCOCCOCCOCCOCCOCCOCCOCCOCCOCCOCCOCCOCCOCCOCCOCCOCCOCCOCCOCCOCCOCCOCCOCCOCCOCCC(=O)OC(C)(C)C. The van der Waals surface area contributed by atoms with Gasteiger partial charge >= 0.3 is 5.97 Å². The van der Waals surface area contributed by atoms with E-state index in [4.69, 9.17) is 175 Å². The zero-order valence-corrected chi connectivity index (χ0v) is 87.2. The molecule has 832 valence electrons. The first kappa shape index (κ1) is 137. The highest BCUT2D eigenvalue weighted by molar-refractivity contribution is 5.78. The van der Waals surface area contributed by atoms with Gasteiger partial charge in [0.2, 0.25) is 0 Å². The van der Waals surface area contributed by atoms with Crippen LogP contribution < -0.4 is 0 Å². The number of hydrogen-bond donors (Lipinski definition) is 0. The van der Waals surface area contributed by atoms with E-state index in [0.29, 0.717) is 494 Å². The summed E-state index contributed by atoms with van der Waals surface area (Å²) in [7, 11) is 0. The van der Waals surface area contributed by atoms with Crippen molar-refractivity contribution in [2.45, 2.75) is 168 Å². The number of ether oxygens (including phenoxy) is 37. The lowest BCUT2D eigenvalue weighted by molar-refractivity contribution is -0.156. The number of hydrogen-bond acceptors (Lipinski definition) is 39. The summed E-state index contributed by atoms with van der Waals surface area (Å²) in [6.07, 6.45) is 25.3. The van der Waals surface area contributed by atoms with Gasteiger partial charge in [0.25, 0.3) is 0 Å². The molecule has 0 aliphatic rings. The van der Waals surface area contributed by atoms with Crippen LogP contribution in [-0.2, 0) is 185 Å². The van der Waals surface area contributed by atoms with Crippen molar-refractivity contribution in [3.63, 3.8) is 0 Å². The Kier molecular flexibility index (Phi) is 124. The van der Waals surface area contributed by atoms with Crippen molar-refractivity contribution in [1.82, 2.24) is 0 Å². The van der Waals surface area contributed by atoms with Crippen LogP contribution in [-0.4, -0.2) is 493 Å². The second-order valence-electron chi connectivity index (χ2n) is 32.4.